The number of aromatic hydroxyl groups is 1. The Bertz CT molecular complexity index is 602. The van der Waals surface area contributed by atoms with Crippen molar-refractivity contribution in [2.75, 3.05) is 5.32 Å². The van der Waals surface area contributed by atoms with Gasteiger partial charge in [0.1, 0.15) is 5.75 Å². The summed E-state index contributed by atoms with van der Waals surface area (Å²) in [5.74, 6) is -0.0937. The number of unbranched alkanes of at least 4 members (excludes halogenated alkanes) is 8. The van der Waals surface area contributed by atoms with E-state index in [1.54, 1.807) is 24.4 Å². The molecule has 0 saturated heterocycles. The number of amides is 2. The number of nitrogens with zero attached hydrogens (tertiary/aromatic N) is 1. The molecule has 2 amide bonds. The minimum Gasteiger partial charge on any atom is -0.506 e. The average Bonchev–Trinajstić information content (AvgIpc) is 2.68. The van der Waals surface area contributed by atoms with Crippen LogP contribution in [0.2, 0.25) is 0 Å². The smallest absolute Gasteiger partial charge is 0.240 e. The largest absolute Gasteiger partial charge is 0.506 e. The van der Waals surface area contributed by atoms with Crippen LogP contribution >= 0.6 is 0 Å². The lowest BCUT2D eigenvalue weighted by Gasteiger charge is -2.06. The van der Waals surface area contributed by atoms with E-state index in [0.717, 1.165) is 38.5 Å². The maximum Gasteiger partial charge on any atom is 0.240 e. The number of anilines is 1. The van der Waals surface area contributed by atoms with Gasteiger partial charge in [0.05, 0.1) is 5.69 Å². The molecule has 6 heteroatoms. The first-order valence-corrected chi connectivity index (χ1v) is 10.5. The van der Waals surface area contributed by atoms with E-state index in [2.05, 4.69) is 22.8 Å². The van der Waals surface area contributed by atoms with Gasteiger partial charge in [0.25, 0.3) is 0 Å². The highest BCUT2D eigenvalue weighted by atomic mass is 16.3. The fourth-order valence-corrected chi connectivity index (χ4v) is 2.79. The van der Waals surface area contributed by atoms with Crippen molar-refractivity contribution in [2.24, 2.45) is 5.10 Å². The fraction of sp³-hybridized carbons (Fsp3) is 0.591. The lowest BCUT2D eigenvalue weighted by molar-refractivity contribution is -0.121. The number of phenols is 1. The molecule has 0 saturated carbocycles. The van der Waals surface area contributed by atoms with Gasteiger partial charge in [0, 0.05) is 19.1 Å². The predicted molar refractivity (Wildman–Crippen MR) is 114 cm³/mol. The highest BCUT2D eigenvalue weighted by molar-refractivity contribution is 5.92. The quantitative estimate of drug-likeness (QED) is 0.168. The Hall–Kier alpha value is -2.37. The molecule has 1 aromatic rings. The summed E-state index contributed by atoms with van der Waals surface area (Å²) in [6.45, 7) is 2.20. The van der Waals surface area contributed by atoms with Crippen molar-refractivity contribution in [1.82, 2.24) is 5.43 Å². The Balaban J connectivity index is 1.97. The number of hydrazone groups is 1. The zero-order chi connectivity index (χ0) is 20.5. The van der Waals surface area contributed by atoms with Gasteiger partial charge in [0.2, 0.25) is 11.8 Å². The summed E-state index contributed by atoms with van der Waals surface area (Å²) in [7, 11) is 0. The molecule has 156 valence electrons. The van der Waals surface area contributed by atoms with Crippen molar-refractivity contribution in [1.29, 1.82) is 0 Å². The third-order valence-corrected chi connectivity index (χ3v) is 4.45. The first-order chi connectivity index (χ1) is 13.6. The number of carbonyl (C=O) groups excluding carboxylic acids is 2. The second kappa shape index (κ2) is 15.7. The molecule has 0 atom stereocenters. The third-order valence-electron chi connectivity index (χ3n) is 4.45. The Morgan fingerprint density at radius 2 is 1.57 bits per heavy atom. The molecule has 0 heterocycles. The molecule has 0 bridgehead atoms. The molecule has 3 N–H and O–H groups in total. The Labute approximate surface area is 168 Å². The van der Waals surface area contributed by atoms with Crippen LogP contribution in [0.25, 0.3) is 0 Å². The van der Waals surface area contributed by atoms with Crippen molar-refractivity contribution in [2.45, 2.75) is 84.0 Å². The number of phenolic OH excluding ortho intramolecular Hbond substituents is 1. The van der Waals surface area contributed by atoms with Crippen LogP contribution in [-0.4, -0.2) is 23.1 Å². The number of rotatable bonds is 15. The van der Waals surface area contributed by atoms with E-state index in [9.17, 15) is 14.7 Å². The lowest BCUT2D eigenvalue weighted by atomic mass is 10.1. The predicted octanol–water partition coefficient (Wildman–Crippen LogP) is 5.13. The van der Waals surface area contributed by atoms with Crippen LogP contribution in [0, 0.1) is 0 Å². The van der Waals surface area contributed by atoms with Gasteiger partial charge >= 0.3 is 0 Å². The van der Waals surface area contributed by atoms with Crippen molar-refractivity contribution >= 4 is 23.7 Å². The standard InChI is InChI=1S/C22H35N3O3/c1-2-3-4-5-8-13-18-23-25-22(28)17-10-7-6-9-16-21(27)24-19-14-11-12-15-20(19)26/h11-12,14-15,18,26H,2-10,13,16-17H2,1H3,(H,24,27)(H,25,28)/b23-18+. The van der Waals surface area contributed by atoms with Crippen LogP contribution < -0.4 is 10.7 Å². The van der Waals surface area contributed by atoms with E-state index < -0.39 is 0 Å². The minimum atomic E-state index is -0.108. The number of carbonyl (C=O) groups is 2. The SMILES string of the molecule is CCCCCCC/C=N/NC(=O)CCCCCCC(=O)Nc1ccccc1O. The summed E-state index contributed by atoms with van der Waals surface area (Å²) in [5.41, 5.74) is 3.00. The molecule has 28 heavy (non-hydrogen) atoms. The average molecular weight is 390 g/mol. The van der Waals surface area contributed by atoms with Gasteiger partial charge in [-0.1, -0.05) is 57.6 Å². The highest BCUT2D eigenvalue weighted by Gasteiger charge is 2.05. The van der Waals surface area contributed by atoms with Crippen LogP contribution in [0.3, 0.4) is 0 Å². The van der Waals surface area contributed by atoms with Crippen molar-refractivity contribution in [3.05, 3.63) is 24.3 Å². The summed E-state index contributed by atoms with van der Waals surface area (Å²) in [6.07, 6.45) is 13.0. The van der Waals surface area contributed by atoms with Gasteiger partial charge in [0.15, 0.2) is 0 Å². The number of para-hydroxylation sites is 2. The van der Waals surface area contributed by atoms with Gasteiger partial charge in [-0.05, 0) is 37.8 Å². The topological polar surface area (TPSA) is 90.8 Å². The van der Waals surface area contributed by atoms with Crippen molar-refractivity contribution in [3.63, 3.8) is 0 Å². The number of benzene rings is 1. The van der Waals surface area contributed by atoms with Crippen LogP contribution in [-0.2, 0) is 9.59 Å². The Kier molecular flexibility index (Phi) is 13.2. The van der Waals surface area contributed by atoms with E-state index in [0.29, 0.717) is 18.5 Å². The fourth-order valence-electron chi connectivity index (χ4n) is 2.79. The molecule has 0 unspecified atom stereocenters. The van der Waals surface area contributed by atoms with Crippen molar-refractivity contribution < 1.29 is 14.7 Å². The van der Waals surface area contributed by atoms with Crippen LogP contribution in [0.4, 0.5) is 5.69 Å². The van der Waals surface area contributed by atoms with Crippen LogP contribution in [0.5, 0.6) is 5.75 Å². The van der Waals surface area contributed by atoms with Crippen molar-refractivity contribution in [3.8, 4) is 5.75 Å². The second-order valence-corrected chi connectivity index (χ2v) is 7.03. The lowest BCUT2D eigenvalue weighted by Crippen LogP contribution is -2.16. The summed E-state index contributed by atoms with van der Waals surface area (Å²) in [5, 5.41) is 16.3. The molecule has 0 aliphatic rings. The number of hydrogen-bond acceptors (Lipinski definition) is 4. The van der Waals surface area contributed by atoms with E-state index in [1.165, 1.54) is 31.7 Å². The van der Waals surface area contributed by atoms with E-state index in [1.807, 2.05) is 0 Å². The van der Waals surface area contributed by atoms with E-state index in [4.69, 9.17) is 0 Å². The van der Waals surface area contributed by atoms with Crippen LogP contribution in [0.1, 0.15) is 84.0 Å². The molecule has 0 radical (unpaired) electrons. The zero-order valence-electron chi connectivity index (χ0n) is 17.1. The first kappa shape index (κ1) is 23.7. The first-order valence-electron chi connectivity index (χ1n) is 10.5. The summed E-state index contributed by atoms with van der Waals surface area (Å²) in [4.78, 5) is 23.5. The van der Waals surface area contributed by atoms with E-state index >= 15 is 0 Å². The molecule has 0 aliphatic heterocycles. The number of nitrogens with one attached hydrogen (secondary N) is 2. The molecular weight excluding hydrogens is 354 g/mol. The molecule has 0 spiro atoms. The molecule has 0 aromatic heterocycles. The summed E-state index contributed by atoms with van der Waals surface area (Å²) >= 11 is 0. The van der Waals surface area contributed by atoms with Gasteiger partial charge in [-0.2, -0.15) is 5.10 Å². The maximum atomic E-state index is 11.8. The van der Waals surface area contributed by atoms with Gasteiger partial charge in [-0.15, -0.1) is 0 Å². The Morgan fingerprint density at radius 3 is 2.29 bits per heavy atom. The van der Waals surface area contributed by atoms with Gasteiger partial charge in [-0.3, -0.25) is 9.59 Å². The highest BCUT2D eigenvalue weighted by Crippen LogP contribution is 2.21. The summed E-state index contributed by atoms with van der Waals surface area (Å²) in [6, 6.07) is 6.68. The third kappa shape index (κ3) is 12.1. The molecule has 1 aromatic carbocycles. The second-order valence-electron chi connectivity index (χ2n) is 7.03. The minimum absolute atomic E-state index is 0.0560. The Morgan fingerprint density at radius 1 is 0.929 bits per heavy atom. The molecule has 1 rings (SSSR count). The van der Waals surface area contributed by atoms with Gasteiger partial charge < -0.3 is 10.4 Å². The molecule has 0 fully saturated rings. The van der Waals surface area contributed by atoms with Crippen LogP contribution in [0.15, 0.2) is 29.4 Å². The normalized spacial score (nSPS) is 10.9. The van der Waals surface area contributed by atoms with E-state index in [-0.39, 0.29) is 17.6 Å². The monoisotopic (exact) mass is 389 g/mol. The molecular formula is C22H35N3O3. The molecule has 6 nitrogen and oxygen atoms in total. The number of hydrogen-bond donors (Lipinski definition) is 3. The maximum absolute atomic E-state index is 11.8. The van der Waals surface area contributed by atoms with Gasteiger partial charge in [-0.25, -0.2) is 5.43 Å². The zero-order valence-corrected chi connectivity index (χ0v) is 17.1. The summed E-state index contributed by atoms with van der Waals surface area (Å²) < 4.78 is 0. The molecule has 0 aliphatic carbocycles.